The van der Waals surface area contributed by atoms with Gasteiger partial charge in [0.05, 0.1) is 26.6 Å². The van der Waals surface area contributed by atoms with Crippen molar-refractivity contribution in [1.82, 2.24) is 15.2 Å². The second kappa shape index (κ2) is 14.1. The number of carbonyl (C=O) groups excluding carboxylic acids is 1. The summed E-state index contributed by atoms with van der Waals surface area (Å²) < 4.78 is 29.7. The Morgan fingerprint density at radius 1 is 1.12 bits per heavy atom. The summed E-state index contributed by atoms with van der Waals surface area (Å²) in [5.74, 6) is -0.654. The number of β-amino-alcohol motifs (C(OH)–C–C–N with tert-alkyl or cyclic N) is 1. The van der Waals surface area contributed by atoms with Gasteiger partial charge in [-0.3, -0.25) is 14.4 Å². The molecule has 1 amide bonds. The number of carbonyl (C=O) groups is 2. The van der Waals surface area contributed by atoms with Gasteiger partial charge in [0.1, 0.15) is 11.9 Å². The van der Waals surface area contributed by atoms with E-state index in [0.717, 1.165) is 39.1 Å². The Hall–Kier alpha value is -3.16. The number of piperidine rings is 1. The molecule has 2 aromatic carbocycles. The molecule has 1 saturated heterocycles. The normalized spacial score (nSPS) is 15.0. The quantitative estimate of drug-likeness (QED) is 0.293. The molecule has 0 saturated carbocycles. The summed E-state index contributed by atoms with van der Waals surface area (Å²) in [7, 11) is -3.51. The van der Waals surface area contributed by atoms with Gasteiger partial charge in [-0.1, -0.05) is 29.3 Å². The Balaban J connectivity index is 0.00000108. The molecule has 0 bridgehead atoms. The largest absolute Gasteiger partial charge is 0.490 e. The predicted octanol–water partition coefficient (Wildman–Crippen LogP) is 2.96. The fraction of sp³-hybridized carbons (Fsp3) is 0.370. The molecule has 0 unspecified atom stereocenters. The number of nitrogens with zero attached hydrogens (tertiary/aromatic N) is 1. The highest BCUT2D eigenvalue weighted by atomic mass is 35.5. The topological polar surface area (TPSA) is 166 Å². The number of amides is 1. The van der Waals surface area contributed by atoms with Crippen LogP contribution in [0.15, 0.2) is 52.3 Å². The van der Waals surface area contributed by atoms with Gasteiger partial charge in [-0.05, 0) is 37.1 Å². The molecule has 41 heavy (non-hydrogen) atoms. The summed E-state index contributed by atoms with van der Waals surface area (Å²) >= 11 is 12.0. The number of aliphatic carboxylic acids is 1. The van der Waals surface area contributed by atoms with Crippen molar-refractivity contribution in [2.45, 2.75) is 36.9 Å². The van der Waals surface area contributed by atoms with Crippen molar-refractivity contribution in [3.05, 3.63) is 68.6 Å². The summed E-state index contributed by atoms with van der Waals surface area (Å²) in [6.07, 6.45) is 3.11. The zero-order valence-corrected chi connectivity index (χ0v) is 24.7. The van der Waals surface area contributed by atoms with Crippen LogP contribution in [0.5, 0.6) is 5.75 Å². The number of fused-ring (bicyclic) bond motifs is 1. The van der Waals surface area contributed by atoms with Gasteiger partial charge in [0.25, 0.3) is 17.4 Å². The monoisotopic (exact) mass is 627 g/mol. The van der Waals surface area contributed by atoms with Crippen LogP contribution in [0.1, 0.15) is 30.1 Å². The maximum atomic E-state index is 12.8. The van der Waals surface area contributed by atoms with Gasteiger partial charge < -0.3 is 30.2 Å². The number of ether oxygens (including phenoxy) is 1. The fourth-order valence-corrected chi connectivity index (χ4v) is 5.21. The minimum Gasteiger partial charge on any atom is -0.490 e. The van der Waals surface area contributed by atoms with Crippen molar-refractivity contribution in [1.29, 1.82) is 0 Å². The molecule has 0 spiro atoms. The maximum absolute atomic E-state index is 12.8. The molecule has 11 nitrogen and oxygen atoms in total. The molecule has 3 aromatic rings. The highest BCUT2D eigenvalue weighted by molar-refractivity contribution is 7.90. The number of nitrogens with one attached hydrogen (secondary N) is 2. The number of carboxylic acid groups (broad SMARTS) is 1. The van der Waals surface area contributed by atoms with Crippen molar-refractivity contribution < 1.29 is 33.0 Å². The zero-order valence-electron chi connectivity index (χ0n) is 22.4. The minimum absolute atomic E-state index is 0.00962. The number of sulfone groups is 1. The van der Waals surface area contributed by atoms with Gasteiger partial charge in [-0.2, -0.15) is 0 Å². The van der Waals surface area contributed by atoms with Gasteiger partial charge in [-0.25, -0.2) is 8.42 Å². The van der Waals surface area contributed by atoms with Crippen LogP contribution in [-0.2, 0) is 14.6 Å². The van der Waals surface area contributed by atoms with E-state index in [4.69, 9.17) is 37.8 Å². The van der Waals surface area contributed by atoms with Crippen LogP contribution in [0.3, 0.4) is 0 Å². The van der Waals surface area contributed by atoms with Crippen molar-refractivity contribution in [3.8, 4) is 5.75 Å². The van der Waals surface area contributed by atoms with Crippen molar-refractivity contribution in [2.75, 3.05) is 32.4 Å². The second-order valence-corrected chi connectivity index (χ2v) is 12.4. The number of hydrogen-bond acceptors (Lipinski definition) is 8. The lowest BCUT2D eigenvalue weighted by atomic mass is 10.1. The highest BCUT2D eigenvalue weighted by Gasteiger charge is 2.23. The van der Waals surface area contributed by atoms with E-state index in [1.807, 2.05) is 0 Å². The molecule has 1 aromatic heterocycles. The number of hydrogen-bond donors (Lipinski definition) is 4. The minimum atomic E-state index is -3.51. The van der Waals surface area contributed by atoms with Crippen LogP contribution in [0.2, 0.25) is 10.0 Å². The summed E-state index contributed by atoms with van der Waals surface area (Å²) in [5.41, 5.74) is -0.314. The molecular formula is C27H31Cl2N3O8S. The lowest BCUT2D eigenvalue weighted by Crippen LogP contribution is -2.45. The first-order valence-corrected chi connectivity index (χ1v) is 15.2. The number of likely N-dealkylation sites (tertiary alicyclic amines) is 1. The van der Waals surface area contributed by atoms with Gasteiger partial charge in [0, 0.05) is 62.4 Å². The van der Waals surface area contributed by atoms with E-state index in [-0.39, 0.29) is 28.5 Å². The van der Waals surface area contributed by atoms with Crippen LogP contribution in [0.25, 0.3) is 10.8 Å². The van der Waals surface area contributed by atoms with Crippen molar-refractivity contribution >= 4 is 55.7 Å². The number of aromatic nitrogens is 1. The SMILES string of the molecule is CC(=O)O.CS(=O)(=O)c1ccc2c(C(=O)NC[C@@H](O)CN3CCC(Oc4ccc(Cl)c(Cl)c4)CC3)c[nH]c(=O)c2c1. The summed E-state index contributed by atoms with van der Waals surface area (Å²) in [4.78, 5) is 38.6. The number of benzene rings is 2. The number of H-pyrrole nitrogens is 1. The number of aliphatic hydroxyl groups excluding tert-OH is 1. The first-order valence-electron chi connectivity index (χ1n) is 12.6. The molecule has 0 radical (unpaired) electrons. The fourth-order valence-electron chi connectivity index (χ4n) is 4.28. The lowest BCUT2D eigenvalue weighted by Gasteiger charge is -2.33. The van der Waals surface area contributed by atoms with Gasteiger partial charge in [0.15, 0.2) is 9.84 Å². The predicted molar refractivity (Wildman–Crippen MR) is 156 cm³/mol. The van der Waals surface area contributed by atoms with Gasteiger partial charge in [0.2, 0.25) is 0 Å². The van der Waals surface area contributed by atoms with Gasteiger partial charge >= 0.3 is 0 Å². The smallest absolute Gasteiger partial charge is 0.300 e. The van der Waals surface area contributed by atoms with Crippen LogP contribution in [0.4, 0.5) is 0 Å². The molecule has 2 heterocycles. The van der Waals surface area contributed by atoms with E-state index in [2.05, 4.69) is 15.2 Å². The van der Waals surface area contributed by atoms with Crippen LogP contribution >= 0.6 is 23.2 Å². The molecule has 1 aliphatic rings. The molecule has 14 heteroatoms. The van der Waals surface area contributed by atoms with Crippen LogP contribution < -0.4 is 15.6 Å². The number of halogens is 2. The molecule has 0 aliphatic carbocycles. The third-order valence-corrected chi connectivity index (χ3v) is 8.09. The van der Waals surface area contributed by atoms with Crippen LogP contribution in [-0.4, -0.2) is 85.0 Å². The number of carboxylic acids is 1. The second-order valence-electron chi connectivity index (χ2n) is 9.59. The van der Waals surface area contributed by atoms with E-state index in [0.29, 0.717) is 27.7 Å². The maximum Gasteiger partial charge on any atom is 0.300 e. The van der Waals surface area contributed by atoms with Gasteiger partial charge in [-0.15, -0.1) is 0 Å². The Morgan fingerprint density at radius 3 is 2.39 bits per heavy atom. The third-order valence-electron chi connectivity index (χ3n) is 6.24. The third kappa shape index (κ3) is 9.44. The Bertz CT molecular complexity index is 1570. The summed E-state index contributed by atoms with van der Waals surface area (Å²) in [6, 6.07) is 9.22. The number of rotatable bonds is 8. The number of aromatic amines is 1. The summed E-state index contributed by atoms with van der Waals surface area (Å²) in [6.45, 7) is 2.93. The average molecular weight is 629 g/mol. The molecular weight excluding hydrogens is 597 g/mol. The molecule has 1 fully saturated rings. The standard InChI is InChI=1S/C25H27Cl2N3O6S.C2H4O2/c1-37(34,35)18-3-4-19-20(11-18)24(32)29-13-21(19)25(33)28-12-15(31)14-30-8-6-16(7-9-30)36-17-2-5-22(26)23(27)10-17;1-2(3)4/h2-5,10-11,13,15-16,31H,6-9,12,14H2,1H3,(H,28,33)(H,29,32);1H3,(H,3,4)/t15-;/m1./s1. The van der Waals surface area contributed by atoms with E-state index in [1.165, 1.54) is 24.4 Å². The number of aliphatic hydroxyl groups is 1. The van der Waals surface area contributed by atoms with E-state index in [9.17, 15) is 23.1 Å². The molecule has 4 rings (SSSR count). The zero-order chi connectivity index (χ0) is 30.3. The van der Waals surface area contributed by atoms with E-state index in [1.54, 1.807) is 18.2 Å². The van der Waals surface area contributed by atoms with Crippen molar-refractivity contribution in [3.63, 3.8) is 0 Å². The van der Waals surface area contributed by atoms with E-state index >= 15 is 0 Å². The molecule has 1 atom stereocenters. The Kier molecular flexibility index (Phi) is 11.2. The molecule has 4 N–H and O–H groups in total. The van der Waals surface area contributed by atoms with Crippen molar-refractivity contribution in [2.24, 2.45) is 0 Å². The molecule has 1 aliphatic heterocycles. The molecule has 222 valence electrons. The van der Waals surface area contributed by atoms with Crippen LogP contribution in [0, 0.1) is 0 Å². The Labute approximate surface area is 246 Å². The highest BCUT2D eigenvalue weighted by Crippen LogP contribution is 2.28. The Morgan fingerprint density at radius 2 is 1.78 bits per heavy atom. The summed E-state index contributed by atoms with van der Waals surface area (Å²) in [5, 5.41) is 21.9. The van der Waals surface area contributed by atoms with E-state index < -0.39 is 33.4 Å². The first-order chi connectivity index (χ1) is 19.2. The lowest BCUT2D eigenvalue weighted by molar-refractivity contribution is -0.134. The number of pyridine rings is 1. The first kappa shape index (κ1) is 32.4. The average Bonchev–Trinajstić information content (AvgIpc) is 2.90.